The first-order valence-electron chi connectivity index (χ1n) is 3.78. The third-order valence-corrected chi connectivity index (χ3v) is 1.90. The van der Waals surface area contributed by atoms with E-state index in [2.05, 4.69) is 38.2 Å². The predicted molar refractivity (Wildman–Crippen MR) is 45.9 cm³/mol. The minimum absolute atomic E-state index is 1.09. The minimum atomic E-state index is 1.09. The highest BCUT2D eigenvalue weighted by molar-refractivity contribution is 5.25. The van der Waals surface area contributed by atoms with Crippen LogP contribution in [0.3, 0.4) is 0 Å². The summed E-state index contributed by atoms with van der Waals surface area (Å²) in [6.45, 7) is 4.36. The van der Waals surface area contributed by atoms with Crippen LogP contribution in [-0.4, -0.2) is 0 Å². The van der Waals surface area contributed by atoms with Gasteiger partial charge in [0.15, 0.2) is 0 Å². The standard InChI is InChI=1S/C10H14/c1-9-7-5-3-4-6-8-10(9)2/h3,5-6,8H,4,7H2,1-2H3. The van der Waals surface area contributed by atoms with Crippen molar-refractivity contribution in [2.75, 3.05) is 0 Å². The van der Waals surface area contributed by atoms with Crippen LogP contribution in [0.5, 0.6) is 0 Å². The molecule has 0 heterocycles. The van der Waals surface area contributed by atoms with Gasteiger partial charge in [0.1, 0.15) is 0 Å². The molecule has 0 saturated carbocycles. The Morgan fingerprint density at radius 2 is 1.90 bits per heavy atom. The maximum absolute atomic E-state index is 2.24. The van der Waals surface area contributed by atoms with E-state index >= 15 is 0 Å². The molecule has 0 fully saturated rings. The van der Waals surface area contributed by atoms with E-state index in [0.29, 0.717) is 0 Å². The summed E-state index contributed by atoms with van der Waals surface area (Å²) in [4.78, 5) is 0. The van der Waals surface area contributed by atoms with Gasteiger partial charge in [-0.25, -0.2) is 0 Å². The SMILES string of the molecule is CC1=C(C)CC=CCC=C1. The fourth-order valence-electron chi connectivity index (χ4n) is 0.983. The Morgan fingerprint density at radius 1 is 1.10 bits per heavy atom. The molecule has 1 aliphatic rings. The maximum atomic E-state index is 2.24. The Hall–Kier alpha value is -0.780. The lowest BCUT2D eigenvalue weighted by Gasteiger charge is -2.01. The zero-order chi connectivity index (χ0) is 7.40. The van der Waals surface area contributed by atoms with Crippen LogP contribution in [0.15, 0.2) is 35.5 Å². The van der Waals surface area contributed by atoms with Crippen molar-refractivity contribution < 1.29 is 0 Å². The van der Waals surface area contributed by atoms with Crippen LogP contribution in [-0.2, 0) is 0 Å². The van der Waals surface area contributed by atoms with Gasteiger partial charge >= 0.3 is 0 Å². The molecule has 0 aliphatic heterocycles. The highest BCUT2D eigenvalue weighted by Crippen LogP contribution is 2.12. The summed E-state index contributed by atoms with van der Waals surface area (Å²) in [7, 11) is 0. The van der Waals surface area contributed by atoms with Crippen LogP contribution in [0.4, 0.5) is 0 Å². The Balaban J connectivity index is 2.80. The van der Waals surface area contributed by atoms with Crippen LogP contribution in [0.2, 0.25) is 0 Å². The second kappa shape index (κ2) is 3.40. The second-order valence-electron chi connectivity index (χ2n) is 2.78. The third-order valence-electron chi connectivity index (χ3n) is 1.90. The average Bonchev–Trinajstić information content (AvgIpc) is 1.92. The van der Waals surface area contributed by atoms with Gasteiger partial charge in [0.05, 0.1) is 0 Å². The van der Waals surface area contributed by atoms with Crippen molar-refractivity contribution in [3.8, 4) is 0 Å². The van der Waals surface area contributed by atoms with Crippen molar-refractivity contribution in [1.29, 1.82) is 0 Å². The normalized spacial score (nSPS) is 19.0. The molecular weight excluding hydrogens is 120 g/mol. The van der Waals surface area contributed by atoms with E-state index < -0.39 is 0 Å². The molecule has 0 bridgehead atoms. The van der Waals surface area contributed by atoms with Crippen molar-refractivity contribution in [3.63, 3.8) is 0 Å². The molecular formula is C10H14. The lowest BCUT2D eigenvalue weighted by molar-refractivity contribution is 1.13. The third kappa shape index (κ3) is 1.87. The largest absolute Gasteiger partial charge is 0.0844 e. The van der Waals surface area contributed by atoms with Gasteiger partial charge in [-0.1, -0.05) is 35.5 Å². The molecule has 1 rings (SSSR count). The minimum Gasteiger partial charge on any atom is -0.0844 e. The zero-order valence-electron chi connectivity index (χ0n) is 6.72. The summed E-state index contributed by atoms with van der Waals surface area (Å²) < 4.78 is 0. The molecule has 0 amide bonds. The van der Waals surface area contributed by atoms with Gasteiger partial charge in [-0.15, -0.1) is 0 Å². The van der Waals surface area contributed by atoms with Crippen molar-refractivity contribution in [2.24, 2.45) is 0 Å². The van der Waals surface area contributed by atoms with E-state index in [-0.39, 0.29) is 0 Å². The highest BCUT2D eigenvalue weighted by atomic mass is 14.0. The Bertz CT molecular complexity index is 192. The number of hydrogen-bond acceptors (Lipinski definition) is 0. The lowest BCUT2D eigenvalue weighted by Crippen LogP contribution is -1.81. The summed E-state index contributed by atoms with van der Waals surface area (Å²) >= 11 is 0. The van der Waals surface area contributed by atoms with E-state index in [1.54, 1.807) is 0 Å². The number of rotatable bonds is 0. The first kappa shape index (κ1) is 7.33. The molecule has 0 spiro atoms. The van der Waals surface area contributed by atoms with Crippen molar-refractivity contribution in [2.45, 2.75) is 26.7 Å². The van der Waals surface area contributed by atoms with E-state index in [1.165, 1.54) is 11.1 Å². The fraction of sp³-hybridized carbons (Fsp3) is 0.400. The van der Waals surface area contributed by atoms with Crippen LogP contribution >= 0.6 is 0 Å². The van der Waals surface area contributed by atoms with Gasteiger partial charge in [0.25, 0.3) is 0 Å². The monoisotopic (exact) mass is 134 g/mol. The van der Waals surface area contributed by atoms with Gasteiger partial charge in [-0.05, 0) is 26.7 Å². The molecule has 0 saturated heterocycles. The quantitative estimate of drug-likeness (QED) is 0.446. The van der Waals surface area contributed by atoms with Crippen molar-refractivity contribution in [3.05, 3.63) is 35.5 Å². The zero-order valence-corrected chi connectivity index (χ0v) is 6.72. The summed E-state index contributed by atoms with van der Waals surface area (Å²) in [5.74, 6) is 0. The number of allylic oxidation sites excluding steroid dienone is 6. The van der Waals surface area contributed by atoms with Gasteiger partial charge < -0.3 is 0 Å². The van der Waals surface area contributed by atoms with Crippen LogP contribution in [0.1, 0.15) is 26.7 Å². The molecule has 0 radical (unpaired) electrons. The van der Waals surface area contributed by atoms with Gasteiger partial charge in [-0.3, -0.25) is 0 Å². The predicted octanol–water partition coefficient (Wildman–Crippen LogP) is 3.23. The Kier molecular flexibility index (Phi) is 2.49. The van der Waals surface area contributed by atoms with Crippen molar-refractivity contribution in [1.82, 2.24) is 0 Å². The summed E-state index contributed by atoms with van der Waals surface area (Å²) in [5.41, 5.74) is 2.90. The van der Waals surface area contributed by atoms with E-state index in [0.717, 1.165) is 12.8 Å². The summed E-state index contributed by atoms with van der Waals surface area (Å²) in [5, 5.41) is 0. The molecule has 0 unspecified atom stereocenters. The van der Waals surface area contributed by atoms with E-state index in [9.17, 15) is 0 Å². The smallest absolute Gasteiger partial charge is 0.0136 e. The maximum Gasteiger partial charge on any atom is -0.0136 e. The molecule has 0 atom stereocenters. The number of hydrogen-bond donors (Lipinski definition) is 0. The topological polar surface area (TPSA) is 0 Å². The van der Waals surface area contributed by atoms with Crippen LogP contribution in [0.25, 0.3) is 0 Å². The molecule has 1 aliphatic carbocycles. The first-order valence-corrected chi connectivity index (χ1v) is 3.78. The van der Waals surface area contributed by atoms with E-state index in [4.69, 9.17) is 0 Å². The molecule has 0 aromatic rings. The second-order valence-corrected chi connectivity index (χ2v) is 2.78. The molecule has 0 aromatic heterocycles. The van der Waals surface area contributed by atoms with Crippen molar-refractivity contribution >= 4 is 0 Å². The van der Waals surface area contributed by atoms with Crippen LogP contribution < -0.4 is 0 Å². The summed E-state index contributed by atoms with van der Waals surface area (Å²) in [6, 6.07) is 0. The molecule has 10 heavy (non-hydrogen) atoms. The average molecular weight is 134 g/mol. The van der Waals surface area contributed by atoms with Gasteiger partial charge in [0.2, 0.25) is 0 Å². The molecule has 0 nitrogen and oxygen atoms in total. The first-order chi connectivity index (χ1) is 4.80. The Labute approximate surface area is 62.9 Å². The van der Waals surface area contributed by atoms with Gasteiger partial charge in [0, 0.05) is 0 Å². The van der Waals surface area contributed by atoms with Crippen LogP contribution in [0, 0.1) is 0 Å². The van der Waals surface area contributed by atoms with Gasteiger partial charge in [-0.2, -0.15) is 0 Å². The lowest BCUT2D eigenvalue weighted by atomic mass is 10.0. The van der Waals surface area contributed by atoms with E-state index in [1.807, 2.05) is 0 Å². The molecule has 0 N–H and O–H groups in total. The molecule has 0 heteroatoms. The molecule has 0 aromatic carbocycles. The highest BCUT2D eigenvalue weighted by Gasteiger charge is 1.92. The fourth-order valence-corrected chi connectivity index (χ4v) is 0.983. The summed E-state index contributed by atoms with van der Waals surface area (Å²) in [6.07, 6.45) is 11.1. The Morgan fingerprint density at radius 3 is 2.70 bits per heavy atom. The molecule has 54 valence electrons.